The second-order valence-corrected chi connectivity index (χ2v) is 0. The molecule has 37 valence electrons. The van der Waals surface area contributed by atoms with Crippen molar-refractivity contribution in [2.75, 3.05) is 0 Å². The normalized spacial score (nSPS) is 0. The fourth-order valence-electron chi connectivity index (χ4n) is 0. The van der Waals surface area contributed by atoms with Crippen LogP contribution in [0.3, 0.4) is 0 Å². The van der Waals surface area contributed by atoms with E-state index in [2.05, 4.69) is 0 Å². The third kappa shape index (κ3) is 26.5. The maximum absolute atomic E-state index is 0. The molecule has 0 unspecified atom stereocenters. The van der Waals surface area contributed by atoms with E-state index < -0.39 is 0 Å². The third-order valence-corrected chi connectivity index (χ3v) is 0. The predicted octanol–water partition coefficient (Wildman–Crippen LogP) is 1.68. The molecule has 0 fully saturated rings. The van der Waals surface area contributed by atoms with Crippen LogP contribution >= 0.6 is 49.6 Å². The van der Waals surface area contributed by atoms with Gasteiger partial charge in [0.1, 0.15) is 0 Å². The fraction of sp³-hybridized carbons (Fsp3) is 0. The number of hydrogen-bond acceptors (Lipinski definition) is 0. The Hall–Kier alpha value is 1.74. The van der Waals surface area contributed by atoms with Crippen LogP contribution < -0.4 is 0 Å². The maximum atomic E-state index is 0. The summed E-state index contributed by atoms with van der Waals surface area (Å²) in [5.74, 6) is 0. The van der Waals surface area contributed by atoms with Crippen molar-refractivity contribution in [1.82, 2.24) is 0 Å². The first-order valence-electron chi connectivity index (χ1n) is 0. The molecular weight excluding hydrogens is 193 g/mol. The van der Waals surface area contributed by atoms with Crippen LogP contribution in [0.1, 0.15) is 0 Å². The zero-order valence-corrected chi connectivity index (χ0v) is 6.74. The van der Waals surface area contributed by atoms with Gasteiger partial charge in [0.25, 0.3) is 0 Å². The van der Waals surface area contributed by atoms with Crippen molar-refractivity contribution in [1.29, 1.82) is 0 Å². The van der Waals surface area contributed by atoms with Crippen LogP contribution in [-0.4, -0.2) is 0 Å². The van der Waals surface area contributed by atoms with Crippen molar-refractivity contribution in [3.05, 3.63) is 0 Å². The molecule has 0 bridgehead atoms. The summed E-state index contributed by atoms with van der Waals surface area (Å²) in [5.41, 5.74) is 0. The Morgan fingerprint density at radius 1 is 0.400 bits per heavy atom. The van der Waals surface area contributed by atoms with Gasteiger partial charge in [0, 0.05) is 18.6 Å². The van der Waals surface area contributed by atoms with Crippen molar-refractivity contribution in [2.45, 2.75) is 0 Å². The minimum absolute atomic E-state index is 0. The molecule has 0 atom stereocenters. The quantitative estimate of drug-likeness (QED) is 0.553. The van der Waals surface area contributed by atoms with Gasteiger partial charge in [-0.3, -0.25) is 0 Å². The van der Waals surface area contributed by atoms with Crippen LogP contribution in [0.25, 0.3) is 0 Å². The van der Waals surface area contributed by atoms with Crippen molar-refractivity contribution >= 4 is 49.6 Å². The van der Waals surface area contributed by atoms with Crippen LogP contribution in [0, 0.1) is 0 Å². The van der Waals surface area contributed by atoms with Crippen LogP contribution in [0.15, 0.2) is 0 Å². The second kappa shape index (κ2) is 42.5. The van der Waals surface area contributed by atoms with Gasteiger partial charge in [-0.05, 0) is 0 Å². The molecule has 0 aromatic heterocycles. The molecule has 5 heteroatoms. The number of hydrogen-bond donors (Lipinski definition) is 0. The summed E-state index contributed by atoms with van der Waals surface area (Å²) in [4.78, 5) is 0. The Kier molecular flexibility index (Phi) is 622. The molecule has 0 spiro atoms. The van der Waals surface area contributed by atoms with Crippen molar-refractivity contribution < 1.29 is 18.6 Å². The van der Waals surface area contributed by atoms with Gasteiger partial charge in [-0.2, -0.15) is 0 Å². The Labute approximate surface area is 68.0 Å². The van der Waals surface area contributed by atoms with E-state index in [4.69, 9.17) is 0 Å². The molecule has 0 nitrogen and oxygen atoms in total. The molecule has 0 aliphatic rings. The Morgan fingerprint density at radius 2 is 0.400 bits per heavy atom. The maximum Gasteiger partial charge on any atom is 0 e. The molecule has 0 heterocycles. The molecule has 0 amide bonds. The Morgan fingerprint density at radius 3 is 0.400 bits per heavy atom. The van der Waals surface area contributed by atoms with E-state index in [1.165, 1.54) is 0 Å². The summed E-state index contributed by atoms with van der Waals surface area (Å²) in [6.07, 6.45) is 0. The average molecular weight is 197 g/mol. The fourth-order valence-corrected chi connectivity index (χ4v) is 0. The second-order valence-electron chi connectivity index (χ2n) is 0. The summed E-state index contributed by atoms with van der Waals surface area (Å²) in [6, 6.07) is 0. The first-order chi connectivity index (χ1) is 0. The molecule has 0 aromatic carbocycles. The van der Waals surface area contributed by atoms with Gasteiger partial charge < -0.3 is 0 Å². The summed E-state index contributed by atoms with van der Waals surface area (Å²) >= 11 is 0. The van der Waals surface area contributed by atoms with E-state index >= 15 is 0 Å². The largest absolute Gasteiger partial charge is 0.147 e. The first kappa shape index (κ1) is 73.1. The van der Waals surface area contributed by atoms with E-state index in [1.54, 1.807) is 0 Å². The average Bonchev–Trinajstić information content (AvgIpc) is 0. The molecule has 5 heavy (non-hydrogen) atoms. The molecule has 0 rings (SSSR count). The zero-order chi connectivity index (χ0) is 0. The predicted molar refractivity (Wildman–Crippen MR) is 29.0 cm³/mol. The van der Waals surface area contributed by atoms with Gasteiger partial charge in [0.05, 0.1) is 0 Å². The smallest absolute Gasteiger partial charge is 0 e. The van der Waals surface area contributed by atoms with Crippen molar-refractivity contribution in [3.63, 3.8) is 0 Å². The molecular formula is H4Cl4V. The standard InChI is InChI=1S/4ClH.V/h4*1H;. The zero-order valence-electron chi connectivity index (χ0n) is 2.08. The van der Waals surface area contributed by atoms with Gasteiger partial charge in [0.2, 0.25) is 0 Å². The van der Waals surface area contributed by atoms with Crippen LogP contribution in [0.4, 0.5) is 0 Å². The minimum Gasteiger partial charge on any atom is -0.147 e. The monoisotopic (exact) mass is 195 g/mol. The first-order valence-corrected chi connectivity index (χ1v) is 0. The topological polar surface area (TPSA) is 0 Å². The van der Waals surface area contributed by atoms with Crippen LogP contribution in [-0.2, 0) is 18.6 Å². The Balaban J connectivity index is 0. The van der Waals surface area contributed by atoms with Crippen molar-refractivity contribution in [2.24, 2.45) is 0 Å². The SMILES string of the molecule is Cl.Cl.Cl.Cl.[V]. The number of halogens is 4. The Bertz CT molecular complexity index is 3.61. The van der Waals surface area contributed by atoms with Crippen LogP contribution in [0.5, 0.6) is 0 Å². The van der Waals surface area contributed by atoms with E-state index in [-0.39, 0.29) is 68.2 Å². The van der Waals surface area contributed by atoms with Gasteiger partial charge in [-0.15, -0.1) is 49.6 Å². The molecule has 0 saturated heterocycles. The third-order valence-electron chi connectivity index (χ3n) is 0. The summed E-state index contributed by atoms with van der Waals surface area (Å²) < 4.78 is 0. The van der Waals surface area contributed by atoms with Gasteiger partial charge in [-0.1, -0.05) is 0 Å². The molecule has 0 aromatic rings. The molecule has 0 aliphatic carbocycles. The summed E-state index contributed by atoms with van der Waals surface area (Å²) in [6.45, 7) is 0. The van der Waals surface area contributed by atoms with Gasteiger partial charge >= 0.3 is 0 Å². The van der Waals surface area contributed by atoms with Crippen LogP contribution in [0.2, 0.25) is 0 Å². The van der Waals surface area contributed by atoms with E-state index in [0.29, 0.717) is 0 Å². The van der Waals surface area contributed by atoms with E-state index in [1.807, 2.05) is 0 Å². The molecule has 1 radical (unpaired) electrons. The van der Waals surface area contributed by atoms with E-state index in [0.717, 1.165) is 0 Å². The van der Waals surface area contributed by atoms with Gasteiger partial charge in [0.15, 0.2) is 0 Å². The summed E-state index contributed by atoms with van der Waals surface area (Å²) in [7, 11) is 0. The van der Waals surface area contributed by atoms with E-state index in [9.17, 15) is 0 Å². The summed E-state index contributed by atoms with van der Waals surface area (Å²) in [5, 5.41) is 0. The van der Waals surface area contributed by atoms with Crippen molar-refractivity contribution in [3.8, 4) is 0 Å². The molecule has 0 aliphatic heterocycles. The minimum atomic E-state index is 0. The molecule has 0 saturated carbocycles. The molecule has 0 N–H and O–H groups in total. The number of rotatable bonds is 0. The van der Waals surface area contributed by atoms with Gasteiger partial charge in [-0.25, -0.2) is 0 Å².